The second kappa shape index (κ2) is 10.6. The molecule has 1 aliphatic carbocycles. The third kappa shape index (κ3) is 6.42. The topological polar surface area (TPSA) is 110 Å². The number of rotatable bonds is 6. The minimum absolute atomic E-state index is 0.167. The summed E-state index contributed by atoms with van der Waals surface area (Å²) in [5.41, 5.74) is -0.0807. The zero-order valence-corrected chi connectivity index (χ0v) is 22.9. The Labute approximate surface area is 224 Å². The average Bonchev–Trinajstić information content (AvgIpc) is 3.18. The van der Waals surface area contributed by atoms with Crippen molar-refractivity contribution in [1.29, 1.82) is 0 Å². The number of anilines is 1. The maximum absolute atomic E-state index is 15.4. The van der Waals surface area contributed by atoms with Gasteiger partial charge in [-0.15, -0.1) is 0 Å². The van der Waals surface area contributed by atoms with E-state index in [1.54, 1.807) is 20.8 Å². The zero-order valence-electron chi connectivity index (χ0n) is 20.5. The fraction of sp³-hybridized carbons (Fsp3) is 0.400. The standard InChI is InChI=1S/C25H28Cl2FN3O5S/c1-25(2,3)36-24(32)30-14-6-4-7-15(12-14)35-19-8-5-9-20(22(19)28)37(33,34)31-18-11-10-16(26)21-17(27)13-29-23(18)21/h5,8-11,13-15,29,31H,4,6-7,12H2,1-3H3,(H,30,32)/t14-,15-/m1/s1. The Balaban J connectivity index is 1.50. The van der Waals surface area contributed by atoms with Gasteiger partial charge in [-0.05, 0) is 64.3 Å². The van der Waals surface area contributed by atoms with Crippen molar-refractivity contribution < 1.29 is 27.1 Å². The number of benzene rings is 2. The largest absolute Gasteiger partial charge is 0.487 e. The summed E-state index contributed by atoms with van der Waals surface area (Å²) in [5, 5.41) is 3.95. The Morgan fingerprint density at radius 1 is 1.14 bits per heavy atom. The highest BCUT2D eigenvalue weighted by molar-refractivity contribution is 7.92. The van der Waals surface area contributed by atoms with Crippen molar-refractivity contribution in [1.82, 2.24) is 10.3 Å². The fourth-order valence-electron chi connectivity index (χ4n) is 4.28. The molecule has 2 atom stereocenters. The molecule has 0 aliphatic heterocycles. The molecule has 37 heavy (non-hydrogen) atoms. The van der Waals surface area contributed by atoms with Crippen LogP contribution in [0, 0.1) is 5.82 Å². The van der Waals surface area contributed by atoms with Crippen molar-refractivity contribution in [3.8, 4) is 5.75 Å². The summed E-state index contributed by atoms with van der Waals surface area (Å²) in [6.45, 7) is 5.34. The average molecular weight is 572 g/mol. The van der Waals surface area contributed by atoms with Crippen LogP contribution in [0.1, 0.15) is 46.5 Å². The number of hydrogen-bond donors (Lipinski definition) is 3. The Morgan fingerprint density at radius 2 is 1.89 bits per heavy atom. The van der Waals surface area contributed by atoms with Crippen molar-refractivity contribution in [2.75, 3.05) is 4.72 Å². The van der Waals surface area contributed by atoms with Gasteiger partial charge in [0.25, 0.3) is 10.0 Å². The molecule has 0 radical (unpaired) electrons. The predicted octanol–water partition coefficient (Wildman–Crippen LogP) is 6.63. The summed E-state index contributed by atoms with van der Waals surface area (Å²) >= 11 is 12.3. The number of aromatic amines is 1. The first kappa shape index (κ1) is 27.3. The first-order valence-electron chi connectivity index (χ1n) is 11.8. The number of carbonyl (C=O) groups is 1. The number of carbonyl (C=O) groups excluding carboxylic acids is 1. The van der Waals surface area contributed by atoms with Crippen LogP contribution in [0.3, 0.4) is 0 Å². The molecule has 3 aromatic rings. The lowest BCUT2D eigenvalue weighted by atomic mass is 9.93. The van der Waals surface area contributed by atoms with E-state index < -0.39 is 38.5 Å². The molecule has 4 rings (SSSR count). The molecule has 0 unspecified atom stereocenters. The quantitative estimate of drug-likeness (QED) is 0.307. The molecule has 0 spiro atoms. The summed E-state index contributed by atoms with van der Waals surface area (Å²) in [6, 6.07) is 6.72. The Kier molecular flexibility index (Phi) is 7.83. The van der Waals surface area contributed by atoms with Gasteiger partial charge < -0.3 is 19.8 Å². The van der Waals surface area contributed by atoms with E-state index in [0.717, 1.165) is 18.9 Å². The van der Waals surface area contributed by atoms with Gasteiger partial charge in [0, 0.05) is 24.0 Å². The smallest absolute Gasteiger partial charge is 0.407 e. The molecule has 0 bridgehead atoms. The van der Waals surface area contributed by atoms with Crippen LogP contribution in [0.15, 0.2) is 41.4 Å². The monoisotopic (exact) mass is 571 g/mol. The van der Waals surface area contributed by atoms with Gasteiger partial charge in [-0.3, -0.25) is 4.72 Å². The van der Waals surface area contributed by atoms with E-state index in [-0.39, 0.29) is 17.5 Å². The SMILES string of the molecule is CC(C)(C)OC(=O)N[C@@H]1CCC[C@@H](Oc2cccc(S(=O)(=O)Nc3ccc(Cl)c4c(Cl)c[nH]c34)c2F)C1. The molecule has 200 valence electrons. The lowest BCUT2D eigenvalue weighted by Crippen LogP contribution is -2.43. The highest BCUT2D eigenvalue weighted by atomic mass is 35.5. The maximum Gasteiger partial charge on any atom is 0.407 e. The summed E-state index contributed by atoms with van der Waals surface area (Å²) in [7, 11) is -4.33. The highest BCUT2D eigenvalue weighted by Gasteiger charge is 2.29. The molecule has 0 saturated heterocycles. The van der Waals surface area contributed by atoms with Gasteiger partial charge in [0.15, 0.2) is 11.6 Å². The highest BCUT2D eigenvalue weighted by Crippen LogP contribution is 2.36. The number of hydrogen-bond acceptors (Lipinski definition) is 5. The zero-order chi connectivity index (χ0) is 27.0. The van der Waals surface area contributed by atoms with Crippen molar-refractivity contribution in [3.63, 3.8) is 0 Å². The van der Waals surface area contributed by atoms with Crippen LogP contribution in [0.25, 0.3) is 10.9 Å². The number of nitrogens with one attached hydrogen (secondary N) is 3. The molecule has 1 aliphatic rings. The van der Waals surface area contributed by atoms with E-state index in [9.17, 15) is 13.2 Å². The van der Waals surface area contributed by atoms with Gasteiger partial charge in [-0.1, -0.05) is 29.3 Å². The summed E-state index contributed by atoms with van der Waals surface area (Å²) < 4.78 is 55.3. The van der Waals surface area contributed by atoms with E-state index in [2.05, 4.69) is 15.0 Å². The van der Waals surface area contributed by atoms with Gasteiger partial charge in [0.1, 0.15) is 16.6 Å². The van der Waals surface area contributed by atoms with Crippen LogP contribution in [-0.2, 0) is 14.8 Å². The minimum atomic E-state index is -4.33. The fourth-order valence-corrected chi connectivity index (χ4v) is 6.00. The van der Waals surface area contributed by atoms with E-state index in [4.69, 9.17) is 32.7 Å². The van der Waals surface area contributed by atoms with Crippen molar-refractivity contribution in [2.45, 2.75) is 69.1 Å². The lowest BCUT2D eigenvalue weighted by Gasteiger charge is -2.31. The van der Waals surface area contributed by atoms with Crippen LogP contribution < -0.4 is 14.8 Å². The Hall–Kier alpha value is -2.69. The number of alkyl carbamates (subject to hydrolysis) is 1. The van der Waals surface area contributed by atoms with E-state index >= 15 is 4.39 Å². The van der Waals surface area contributed by atoms with Gasteiger partial charge in [0.05, 0.1) is 21.2 Å². The third-order valence-electron chi connectivity index (χ3n) is 5.84. The second-order valence-corrected chi connectivity index (χ2v) is 12.4. The first-order chi connectivity index (χ1) is 17.3. The Morgan fingerprint density at radius 3 is 2.62 bits per heavy atom. The van der Waals surface area contributed by atoms with Crippen LogP contribution >= 0.6 is 23.2 Å². The van der Waals surface area contributed by atoms with E-state index in [0.29, 0.717) is 33.8 Å². The molecule has 2 aromatic carbocycles. The van der Waals surface area contributed by atoms with Crippen molar-refractivity contribution in [3.05, 3.63) is 52.4 Å². The van der Waals surface area contributed by atoms with E-state index in [1.165, 1.54) is 30.5 Å². The molecular weight excluding hydrogens is 544 g/mol. The molecule has 3 N–H and O–H groups in total. The lowest BCUT2D eigenvalue weighted by molar-refractivity contribution is 0.0461. The Bertz CT molecular complexity index is 1420. The predicted molar refractivity (Wildman–Crippen MR) is 142 cm³/mol. The molecular formula is C25H28Cl2FN3O5S. The normalized spacial score (nSPS) is 18.4. The first-order valence-corrected chi connectivity index (χ1v) is 14.0. The van der Waals surface area contributed by atoms with Crippen molar-refractivity contribution in [2.24, 2.45) is 0 Å². The molecule has 1 heterocycles. The third-order valence-corrected chi connectivity index (χ3v) is 7.83. The number of ether oxygens (including phenoxy) is 2. The summed E-state index contributed by atoms with van der Waals surface area (Å²) in [4.78, 5) is 14.4. The van der Waals surface area contributed by atoms with E-state index in [1.807, 2.05) is 0 Å². The molecule has 1 saturated carbocycles. The van der Waals surface area contributed by atoms with Crippen LogP contribution in [0.4, 0.5) is 14.9 Å². The number of aromatic nitrogens is 1. The number of amides is 1. The maximum atomic E-state index is 15.4. The summed E-state index contributed by atoms with van der Waals surface area (Å²) in [6.07, 6.45) is 3.10. The van der Waals surface area contributed by atoms with Crippen LogP contribution in [0.5, 0.6) is 5.75 Å². The number of halogens is 3. The van der Waals surface area contributed by atoms with Gasteiger partial charge >= 0.3 is 6.09 Å². The van der Waals surface area contributed by atoms with Crippen molar-refractivity contribution >= 4 is 55.9 Å². The molecule has 8 nitrogen and oxygen atoms in total. The van der Waals surface area contributed by atoms with Crippen LogP contribution in [0.2, 0.25) is 10.0 Å². The van der Waals surface area contributed by atoms with Crippen LogP contribution in [-0.4, -0.2) is 37.2 Å². The number of sulfonamides is 1. The minimum Gasteiger partial charge on any atom is -0.487 e. The summed E-state index contributed by atoms with van der Waals surface area (Å²) in [5.74, 6) is -1.19. The number of fused-ring (bicyclic) bond motifs is 1. The molecule has 1 fully saturated rings. The molecule has 12 heteroatoms. The second-order valence-electron chi connectivity index (χ2n) is 9.90. The number of H-pyrrole nitrogens is 1. The van der Waals surface area contributed by atoms with Gasteiger partial charge in [0.2, 0.25) is 0 Å². The molecule has 1 aromatic heterocycles. The van der Waals surface area contributed by atoms with Gasteiger partial charge in [-0.2, -0.15) is 0 Å². The molecule has 1 amide bonds. The van der Waals surface area contributed by atoms with Gasteiger partial charge in [-0.25, -0.2) is 17.6 Å².